The molecule has 0 spiro atoms. The highest BCUT2D eigenvalue weighted by Crippen LogP contribution is 2.33. The zero-order valence-corrected chi connectivity index (χ0v) is 12.7. The fourth-order valence-electron chi connectivity index (χ4n) is 3.30. The van der Waals surface area contributed by atoms with E-state index < -0.39 is 12.0 Å². The van der Waals surface area contributed by atoms with Crippen LogP contribution in [0.1, 0.15) is 48.6 Å². The van der Waals surface area contributed by atoms with Gasteiger partial charge >= 0.3 is 12.0 Å². The summed E-state index contributed by atoms with van der Waals surface area (Å²) in [5.41, 5.74) is 1.21. The largest absolute Gasteiger partial charge is 0.480 e. The number of urea groups is 1. The number of carboxylic acids is 1. The van der Waals surface area contributed by atoms with Crippen molar-refractivity contribution in [2.45, 2.75) is 50.6 Å². The summed E-state index contributed by atoms with van der Waals surface area (Å²) in [6.07, 6.45) is 5.39. The molecule has 1 aliphatic carbocycles. The van der Waals surface area contributed by atoms with E-state index in [0.717, 1.165) is 32.1 Å². The maximum Gasteiger partial charge on any atom is 0.326 e. The molecule has 3 rings (SSSR count). The lowest BCUT2D eigenvalue weighted by Crippen LogP contribution is -2.52. The number of nitrogens with one attached hydrogen (secondary N) is 1. The Morgan fingerprint density at radius 2 is 2.14 bits per heavy atom. The van der Waals surface area contributed by atoms with Crippen molar-refractivity contribution in [1.82, 2.24) is 10.2 Å². The summed E-state index contributed by atoms with van der Waals surface area (Å²) in [6.45, 7) is 0.534. The number of likely N-dealkylation sites (tertiary alicyclic amines) is 1. The molecule has 0 saturated carbocycles. The number of thiophene rings is 1. The van der Waals surface area contributed by atoms with E-state index in [9.17, 15) is 14.7 Å². The Kier molecular flexibility index (Phi) is 4.14. The first-order chi connectivity index (χ1) is 10.2. The Hall–Kier alpha value is -1.56. The summed E-state index contributed by atoms with van der Waals surface area (Å²) in [6, 6.07) is 1.20. The van der Waals surface area contributed by atoms with Crippen LogP contribution in [0, 0.1) is 0 Å². The van der Waals surface area contributed by atoms with Crippen LogP contribution in [0.15, 0.2) is 11.4 Å². The molecule has 2 heterocycles. The standard InChI is InChI=1S/C15H20N2O3S/c18-14(19)12-5-1-2-8-17(12)15(20)16-11-4-3-6-13-10(11)7-9-21-13/h7,9,11-12H,1-6,8H2,(H,16,20)(H,18,19). The molecule has 0 radical (unpaired) electrons. The number of carbonyl (C=O) groups is 2. The first-order valence-electron chi connectivity index (χ1n) is 7.53. The monoisotopic (exact) mass is 308 g/mol. The summed E-state index contributed by atoms with van der Waals surface area (Å²) in [4.78, 5) is 26.6. The lowest BCUT2D eigenvalue weighted by atomic mass is 9.94. The minimum absolute atomic E-state index is 0.0314. The molecule has 1 saturated heterocycles. The first kappa shape index (κ1) is 14.4. The molecule has 1 aromatic heterocycles. The number of rotatable bonds is 2. The highest BCUT2D eigenvalue weighted by atomic mass is 32.1. The van der Waals surface area contributed by atoms with Crippen molar-refractivity contribution in [2.75, 3.05) is 6.54 Å². The third kappa shape index (κ3) is 2.90. The van der Waals surface area contributed by atoms with Gasteiger partial charge in [-0.2, -0.15) is 0 Å². The van der Waals surface area contributed by atoms with Crippen LogP contribution in [-0.4, -0.2) is 34.6 Å². The molecule has 2 aliphatic rings. The molecule has 21 heavy (non-hydrogen) atoms. The van der Waals surface area contributed by atoms with E-state index in [2.05, 4.69) is 16.8 Å². The predicted molar refractivity (Wildman–Crippen MR) is 80.5 cm³/mol. The SMILES string of the molecule is O=C(O)C1CCCCN1C(=O)NC1CCCc2sccc21. The number of fused-ring (bicyclic) bond motifs is 1. The van der Waals surface area contributed by atoms with Crippen LogP contribution < -0.4 is 5.32 Å². The molecule has 2 amide bonds. The number of hydrogen-bond donors (Lipinski definition) is 2. The fraction of sp³-hybridized carbons (Fsp3) is 0.600. The average Bonchev–Trinajstić information content (AvgIpc) is 2.96. The second-order valence-corrected chi connectivity index (χ2v) is 6.74. The number of aliphatic carboxylic acids is 1. The minimum atomic E-state index is -0.898. The van der Waals surface area contributed by atoms with Gasteiger partial charge in [-0.15, -0.1) is 11.3 Å². The number of piperidine rings is 1. The highest BCUT2D eigenvalue weighted by molar-refractivity contribution is 7.10. The van der Waals surface area contributed by atoms with E-state index in [1.165, 1.54) is 15.3 Å². The molecular formula is C15H20N2O3S. The Bertz CT molecular complexity index is 543. The molecule has 2 unspecified atom stereocenters. The van der Waals surface area contributed by atoms with Crippen LogP contribution in [0.5, 0.6) is 0 Å². The molecular weight excluding hydrogens is 288 g/mol. The van der Waals surface area contributed by atoms with Gasteiger partial charge in [-0.25, -0.2) is 9.59 Å². The molecule has 1 aliphatic heterocycles. The van der Waals surface area contributed by atoms with Gasteiger partial charge in [-0.1, -0.05) is 0 Å². The van der Waals surface area contributed by atoms with Gasteiger partial charge in [-0.05, 0) is 55.5 Å². The van der Waals surface area contributed by atoms with Gasteiger partial charge in [0.2, 0.25) is 0 Å². The number of amides is 2. The Morgan fingerprint density at radius 1 is 1.29 bits per heavy atom. The van der Waals surface area contributed by atoms with Crippen molar-refractivity contribution in [2.24, 2.45) is 0 Å². The van der Waals surface area contributed by atoms with Gasteiger partial charge in [0.05, 0.1) is 6.04 Å². The number of carboxylic acid groups (broad SMARTS) is 1. The Labute approximate surface area is 128 Å². The van der Waals surface area contributed by atoms with Crippen LogP contribution in [0.3, 0.4) is 0 Å². The summed E-state index contributed by atoms with van der Waals surface area (Å²) < 4.78 is 0. The van der Waals surface area contributed by atoms with E-state index in [0.29, 0.717) is 13.0 Å². The maximum absolute atomic E-state index is 12.5. The van der Waals surface area contributed by atoms with Crippen molar-refractivity contribution in [3.63, 3.8) is 0 Å². The number of hydrogen-bond acceptors (Lipinski definition) is 3. The van der Waals surface area contributed by atoms with Crippen molar-refractivity contribution < 1.29 is 14.7 Å². The topological polar surface area (TPSA) is 69.6 Å². The van der Waals surface area contributed by atoms with E-state index >= 15 is 0 Å². The third-order valence-electron chi connectivity index (χ3n) is 4.40. The fourth-order valence-corrected chi connectivity index (χ4v) is 4.29. The van der Waals surface area contributed by atoms with Crippen LogP contribution >= 0.6 is 11.3 Å². The van der Waals surface area contributed by atoms with Gasteiger partial charge < -0.3 is 15.3 Å². The first-order valence-corrected chi connectivity index (χ1v) is 8.41. The Balaban J connectivity index is 1.70. The van der Waals surface area contributed by atoms with Crippen molar-refractivity contribution in [3.8, 4) is 0 Å². The maximum atomic E-state index is 12.5. The van der Waals surface area contributed by atoms with E-state index in [1.807, 2.05) is 0 Å². The average molecular weight is 308 g/mol. The van der Waals surface area contributed by atoms with Crippen LogP contribution in [0.25, 0.3) is 0 Å². The number of nitrogens with zero attached hydrogens (tertiary/aromatic N) is 1. The van der Waals surface area contributed by atoms with Gasteiger partial charge in [0.15, 0.2) is 0 Å². The summed E-state index contributed by atoms with van der Waals surface area (Å²) >= 11 is 1.74. The van der Waals surface area contributed by atoms with Crippen molar-refractivity contribution in [1.29, 1.82) is 0 Å². The van der Waals surface area contributed by atoms with Crippen LogP contribution in [-0.2, 0) is 11.2 Å². The normalized spacial score (nSPS) is 25.2. The lowest BCUT2D eigenvalue weighted by Gasteiger charge is -2.35. The number of aryl methyl sites for hydroxylation is 1. The van der Waals surface area contributed by atoms with E-state index in [1.54, 1.807) is 11.3 Å². The van der Waals surface area contributed by atoms with Gasteiger partial charge in [-0.3, -0.25) is 0 Å². The molecule has 1 fully saturated rings. The zero-order chi connectivity index (χ0) is 14.8. The van der Waals surface area contributed by atoms with E-state index in [4.69, 9.17) is 0 Å². The quantitative estimate of drug-likeness (QED) is 0.882. The van der Waals surface area contributed by atoms with Gasteiger partial charge in [0, 0.05) is 11.4 Å². The Morgan fingerprint density at radius 3 is 2.95 bits per heavy atom. The second-order valence-electron chi connectivity index (χ2n) is 5.74. The molecule has 5 nitrogen and oxygen atoms in total. The lowest BCUT2D eigenvalue weighted by molar-refractivity contribution is -0.143. The van der Waals surface area contributed by atoms with Gasteiger partial charge in [0.25, 0.3) is 0 Å². The molecule has 0 bridgehead atoms. The molecule has 2 N–H and O–H groups in total. The van der Waals surface area contributed by atoms with Crippen LogP contribution in [0.4, 0.5) is 4.79 Å². The molecule has 6 heteroatoms. The van der Waals surface area contributed by atoms with E-state index in [-0.39, 0.29) is 12.1 Å². The second kappa shape index (κ2) is 6.05. The predicted octanol–water partition coefficient (Wildman–Crippen LogP) is 2.77. The van der Waals surface area contributed by atoms with Gasteiger partial charge in [0.1, 0.15) is 6.04 Å². The highest BCUT2D eigenvalue weighted by Gasteiger charge is 2.33. The van der Waals surface area contributed by atoms with Crippen molar-refractivity contribution in [3.05, 3.63) is 21.9 Å². The smallest absolute Gasteiger partial charge is 0.326 e. The van der Waals surface area contributed by atoms with Crippen molar-refractivity contribution >= 4 is 23.3 Å². The minimum Gasteiger partial charge on any atom is -0.480 e. The molecule has 1 aromatic rings. The summed E-state index contributed by atoms with van der Waals surface area (Å²) in [7, 11) is 0. The summed E-state index contributed by atoms with van der Waals surface area (Å²) in [5, 5.41) is 14.4. The van der Waals surface area contributed by atoms with Crippen LogP contribution in [0.2, 0.25) is 0 Å². The summed E-state index contributed by atoms with van der Waals surface area (Å²) in [5.74, 6) is -0.898. The number of carbonyl (C=O) groups excluding carboxylic acids is 1. The molecule has 0 aromatic carbocycles. The zero-order valence-electron chi connectivity index (χ0n) is 11.9. The molecule has 2 atom stereocenters. The molecule has 114 valence electrons. The third-order valence-corrected chi connectivity index (χ3v) is 5.39.